The highest BCUT2D eigenvalue weighted by atomic mass is 16.5. The number of nitrogens with zero attached hydrogens (tertiary/aromatic N) is 1. The van der Waals surface area contributed by atoms with E-state index in [1.807, 2.05) is 31.2 Å². The van der Waals surface area contributed by atoms with E-state index in [4.69, 9.17) is 10.5 Å². The van der Waals surface area contributed by atoms with Crippen molar-refractivity contribution >= 4 is 5.96 Å². The zero-order valence-electron chi connectivity index (χ0n) is 11.1. The van der Waals surface area contributed by atoms with Crippen LogP contribution in [0.25, 0.3) is 0 Å². The van der Waals surface area contributed by atoms with E-state index in [1.54, 1.807) is 7.11 Å². The lowest BCUT2D eigenvalue weighted by Gasteiger charge is -2.06. The van der Waals surface area contributed by atoms with Crippen molar-refractivity contribution in [3.63, 3.8) is 0 Å². The maximum Gasteiger partial charge on any atom is 0.188 e. The van der Waals surface area contributed by atoms with E-state index in [9.17, 15) is 0 Å². The number of methoxy groups -OCH3 is 1. The molecule has 1 aromatic rings. The number of ether oxygens (including phenoxy) is 1. The zero-order valence-corrected chi connectivity index (χ0v) is 11.1. The van der Waals surface area contributed by atoms with Gasteiger partial charge in [-0.1, -0.05) is 24.3 Å². The maximum atomic E-state index is 5.71. The summed E-state index contributed by atoms with van der Waals surface area (Å²) in [4.78, 5) is 4.15. The highest BCUT2D eigenvalue weighted by Crippen LogP contribution is 2.11. The second-order valence-corrected chi connectivity index (χ2v) is 4.18. The molecule has 0 aliphatic rings. The molecule has 3 N–H and O–H groups in total. The molecule has 0 bridgehead atoms. The van der Waals surface area contributed by atoms with E-state index >= 15 is 0 Å². The SMILES string of the molecule is C=C(C)CN=C(N)NCCc1ccc(OC)cc1. The zero-order chi connectivity index (χ0) is 13.4. The van der Waals surface area contributed by atoms with Crippen molar-refractivity contribution in [1.82, 2.24) is 5.32 Å². The molecule has 0 amide bonds. The molecule has 0 unspecified atom stereocenters. The number of aliphatic imine (C=N–C) groups is 1. The first kappa shape index (κ1) is 14.1. The van der Waals surface area contributed by atoms with Crippen LogP contribution in [0.15, 0.2) is 41.4 Å². The van der Waals surface area contributed by atoms with Crippen molar-refractivity contribution in [1.29, 1.82) is 0 Å². The minimum absolute atomic E-state index is 0.464. The fourth-order valence-electron chi connectivity index (χ4n) is 1.40. The summed E-state index contributed by atoms with van der Waals surface area (Å²) in [5, 5.41) is 3.07. The van der Waals surface area contributed by atoms with Crippen molar-refractivity contribution < 1.29 is 4.74 Å². The summed E-state index contributed by atoms with van der Waals surface area (Å²) < 4.78 is 5.10. The predicted octanol–water partition coefficient (Wildman–Crippen LogP) is 1.72. The predicted molar refractivity (Wildman–Crippen MR) is 76.0 cm³/mol. The second-order valence-electron chi connectivity index (χ2n) is 4.18. The Hall–Kier alpha value is -1.97. The summed E-state index contributed by atoms with van der Waals surface area (Å²) in [5.41, 5.74) is 7.94. The molecule has 0 aromatic heterocycles. The van der Waals surface area contributed by atoms with Gasteiger partial charge >= 0.3 is 0 Å². The Bertz CT molecular complexity index is 410. The molecule has 4 heteroatoms. The number of nitrogens with two attached hydrogens (primary N) is 1. The molecule has 0 heterocycles. The van der Waals surface area contributed by atoms with Gasteiger partial charge in [-0.25, -0.2) is 4.99 Å². The minimum atomic E-state index is 0.464. The van der Waals surface area contributed by atoms with Crippen LogP contribution in [-0.4, -0.2) is 26.2 Å². The first-order valence-electron chi connectivity index (χ1n) is 5.93. The lowest BCUT2D eigenvalue weighted by molar-refractivity contribution is 0.414. The summed E-state index contributed by atoms with van der Waals surface area (Å²) in [6.07, 6.45) is 0.896. The van der Waals surface area contributed by atoms with E-state index in [0.29, 0.717) is 12.5 Å². The average molecular weight is 247 g/mol. The summed E-state index contributed by atoms with van der Waals surface area (Å²) in [7, 11) is 1.66. The van der Waals surface area contributed by atoms with Crippen LogP contribution in [0.3, 0.4) is 0 Å². The lowest BCUT2D eigenvalue weighted by atomic mass is 10.1. The molecule has 0 saturated heterocycles. The molecule has 98 valence electrons. The summed E-state index contributed by atoms with van der Waals surface area (Å²) in [6, 6.07) is 7.99. The van der Waals surface area contributed by atoms with Gasteiger partial charge in [0.25, 0.3) is 0 Å². The molecule has 1 rings (SSSR count). The van der Waals surface area contributed by atoms with Gasteiger partial charge < -0.3 is 15.8 Å². The fraction of sp³-hybridized carbons (Fsp3) is 0.357. The number of rotatable bonds is 6. The Morgan fingerprint density at radius 3 is 2.61 bits per heavy atom. The molecule has 0 radical (unpaired) electrons. The molecule has 0 saturated carbocycles. The molecule has 0 fully saturated rings. The molecular formula is C14H21N3O. The number of hydrogen-bond donors (Lipinski definition) is 2. The maximum absolute atomic E-state index is 5.71. The van der Waals surface area contributed by atoms with Crippen molar-refractivity contribution in [2.24, 2.45) is 10.7 Å². The van der Waals surface area contributed by atoms with Gasteiger partial charge in [-0.15, -0.1) is 0 Å². The van der Waals surface area contributed by atoms with Gasteiger partial charge in [-0.3, -0.25) is 0 Å². The van der Waals surface area contributed by atoms with Crippen LogP contribution in [0.1, 0.15) is 12.5 Å². The van der Waals surface area contributed by atoms with Gasteiger partial charge in [0.1, 0.15) is 5.75 Å². The summed E-state index contributed by atoms with van der Waals surface area (Å²) >= 11 is 0. The second kappa shape index (κ2) is 7.37. The van der Waals surface area contributed by atoms with E-state index in [-0.39, 0.29) is 0 Å². The highest BCUT2D eigenvalue weighted by Gasteiger charge is 1.95. The van der Waals surface area contributed by atoms with E-state index in [2.05, 4.69) is 16.9 Å². The molecular weight excluding hydrogens is 226 g/mol. The minimum Gasteiger partial charge on any atom is -0.497 e. The molecule has 1 aromatic carbocycles. The highest BCUT2D eigenvalue weighted by molar-refractivity contribution is 5.77. The van der Waals surface area contributed by atoms with Crippen molar-refractivity contribution in [3.8, 4) is 5.75 Å². The van der Waals surface area contributed by atoms with Crippen molar-refractivity contribution in [2.75, 3.05) is 20.2 Å². The molecule has 0 aliphatic carbocycles. The standard InChI is InChI=1S/C14H21N3O/c1-11(2)10-17-14(15)16-9-8-12-4-6-13(18-3)7-5-12/h4-7H,1,8-10H2,2-3H3,(H3,15,16,17). The molecule has 0 atom stereocenters. The third kappa shape index (κ3) is 5.39. The van der Waals surface area contributed by atoms with Crippen LogP contribution < -0.4 is 15.8 Å². The molecule has 18 heavy (non-hydrogen) atoms. The van der Waals surface area contributed by atoms with Gasteiger partial charge in [-0.2, -0.15) is 0 Å². The van der Waals surface area contributed by atoms with Crippen molar-refractivity contribution in [3.05, 3.63) is 42.0 Å². The van der Waals surface area contributed by atoms with Gasteiger partial charge in [0.05, 0.1) is 13.7 Å². The third-order valence-electron chi connectivity index (χ3n) is 2.40. The fourth-order valence-corrected chi connectivity index (χ4v) is 1.40. The van der Waals surface area contributed by atoms with Crippen molar-refractivity contribution in [2.45, 2.75) is 13.3 Å². The average Bonchev–Trinajstić information content (AvgIpc) is 2.37. The number of guanidine groups is 1. The normalized spacial score (nSPS) is 11.1. The first-order chi connectivity index (χ1) is 8.61. The van der Waals surface area contributed by atoms with E-state index in [1.165, 1.54) is 5.56 Å². The van der Waals surface area contributed by atoms with Gasteiger partial charge in [0.15, 0.2) is 5.96 Å². The smallest absolute Gasteiger partial charge is 0.188 e. The summed E-state index contributed by atoms with van der Waals surface area (Å²) in [5.74, 6) is 1.33. The quantitative estimate of drug-likeness (QED) is 0.457. The largest absolute Gasteiger partial charge is 0.497 e. The van der Waals surface area contributed by atoms with Crippen LogP contribution in [0, 0.1) is 0 Å². The molecule has 0 spiro atoms. The van der Waals surface area contributed by atoms with E-state index in [0.717, 1.165) is 24.3 Å². The molecule has 4 nitrogen and oxygen atoms in total. The van der Waals surface area contributed by atoms with Crippen LogP contribution >= 0.6 is 0 Å². The van der Waals surface area contributed by atoms with Crippen LogP contribution in [0.4, 0.5) is 0 Å². The Balaban J connectivity index is 2.32. The van der Waals surface area contributed by atoms with Crippen LogP contribution in [0.2, 0.25) is 0 Å². The van der Waals surface area contributed by atoms with Crippen LogP contribution in [-0.2, 0) is 6.42 Å². The van der Waals surface area contributed by atoms with Gasteiger partial charge in [0, 0.05) is 6.54 Å². The third-order valence-corrected chi connectivity index (χ3v) is 2.40. The first-order valence-corrected chi connectivity index (χ1v) is 5.93. The topological polar surface area (TPSA) is 59.6 Å². The van der Waals surface area contributed by atoms with Gasteiger partial charge in [0.2, 0.25) is 0 Å². The molecule has 0 aliphatic heterocycles. The lowest BCUT2D eigenvalue weighted by Crippen LogP contribution is -2.33. The Labute approximate surface area is 109 Å². The van der Waals surface area contributed by atoms with Gasteiger partial charge in [-0.05, 0) is 31.0 Å². The summed E-state index contributed by atoms with van der Waals surface area (Å²) in [6.45, 7) is 7.03. The number of nitrogens with one attached hydrogen (secondary N) is 1. The van der Waals surface area contributed by atoms with Crippen LogP contribution in [0.5, 0.6) is 5.75 Å². The Morgan fingerprint density at radius 1 is 1.39 bits per heavy atom. The Kier molecular flexibility index (Phi) is 5.77. The van der Waals surface area contributed by atoms with E-state index < -0.39 is 0 Å². The number of hydrogen-bond acceptors (Lipinski definition) is 2. The Morgan fingerprint density at radius 2 is 2.06 bits per heavy atom. The monoisotopic (exact) mass is 247 g/mol. The number of benzene rings is 1.